The molecule has 0 saturated carbocycles. The number of anilines is 1. The summed E-state index contributed by atoms with van der Waals surface area (Å²) < 4.78 is 0.709. The van der Waals surface area contributed by atoms with Crippen molar-refractivity contribution >= 4 is 44.5 Å². The molecule has 19 heavy (non-hydrogen) atoms. The highest BCUT2D eigenvalue weighted by atomic mass is 79.9. The van der Waals surface area contributed by atoms with Crippen molar-refractivity contribution in [2.24, 2.45) is 0 Å². The van der Waals surface area contributed by atoms with Crippen LogP contribution in [0, 0.1) is 0 Å². The number of nitrogens with zero attached hydrogens (tertiary/aromatic N) is 2. The van der Waals surface area contributed by atoms with Gasteiger partial charge >= 0.3 is 6.03 Å². The lowest BCUT2D eigenvalue weighted by Crippen LogP contribution is -2.49. The summed E-state index contributed by atoms with van der Waals surface area (Å²) in [7, 11) is 0. The van der Waals surface area contributed by atoms with Crippen LogP contribution in [0.2, 0.25) is 0 Å². The normalized spacial score (nSPS) is 15.7. The van der Waals surface area contributed by atoms with E-state index in [1.165, 1.54) is 0 Å². The van der Waals surface area contributed by atoms with Crippen LogP contribution >= 0.6 is 15.9 Å². The number of benzene rings is 1. The first kappa shape index (κ1) is 12.1. The number of amides is 3. The lowest BCUT2D eigenvalue weighted by atomic mass is 10.1. The number of hydrogen-bond donors (Lipinski definition) is 1. The van der Waals surface area contributed by atoms with Crippen LogP contribution in [0.1, 0.15) is 6.42 Å². The molecular weight excluding hydrogens is 310 g/mol. The molecule has 1 aliphatic rings. The molecule has 0 aliphatic carbocycles. The molecular formula is C13H10BrN3O2. The first-order valence-corrected chi connectivity index (χ1v) is 6.61. The van der Waals surface area contributed by atoms with Crippen LogP contribution in [0.4, 0.5) is 10.5 Å². The van der Waals surface area contributed by atoms with Crippen LogP contribution in [0.25, 0.3) is 10.9 Å². The molecule has 1 aromatic carbocycles. The number of para-hydroxylation sites is 1. The molecule has 3 amide bonds. The molecule has 2 aromatic rings. The number of fused-ring (bicyclic) bond motifs is 1. The number of imide groups is 1. The van der Waals surface area contributed by atoms with Gasteiger partial charge in [0.25, 0.3) is 0 Å². The van der Waals surface area contributed by atoms with E-state index >= 15 is 0 Å². The van der Waals surface area contributed by atoms with Crippen LogP contribution in [-0.4, -0.2) is 23.5 Å². The minimum atomic E-state index is -0.398. The van der Waals surface area contributed by atoms with Gasteiger partial charge < -0.3 is 0 Å². The maximum Gasteiger partial charge on any atom is 0.328 e. The van der Waals surface area contributed by atoms with E-state index in [0.717, 1.165) is 10.9 Å². The van der Waals surface area contributed by atoms with E-state index in [2.05, 4.69) is 26.2 Å². The first-order valence-electron chi connectivity index (χ1n) is 5.82. The Morgan fingerprint density at radius 3 is 2.84 bits per heavy atom. The summed E-state index contributed by atoms with van der Waals surface area (Å²) in [6.07, 6.45) is 0.302. The van der Waals surface area contributed by atoms with E-state index in [-0.39, 0.29) is 5.91 Å². The van der Waals surface area contributed by atoms with Crippen molar-refractivity contribution in [1.29, 1.82) is 0 Å². The minimum absolute atomic E-state index is 0.240. The van der Waals surface area contributed by atoms with Crippen molar-refractivity contribution in [2.45, 2.75) is 6.42 Å². The Hall–Kier alpha value is -1.95. The van der Waals surface area contributed by atoms with Crippen molar-refractivity contribution < 1.29 is 9.59 Å². The largest absolute Gasteiger partial charge is 0.328 e. The van der Waals surface area contributed by atoms with Crippen molar-refractivity contribution in [1.82, 2.24) is 10.3 Å². The molecule has 3 rings (SSSR count). The third kappa shape index (κ3) is 2.19. The summed E-state index contributed by atoms with van der Waals surface area (Å²) >= 11 is 3.33. The average Bonchev–Trinajstić information content (AvgIpc) is 2.38. The summed E-state index contributed by atoms with van der Waals surface area (Å²) in [4.78, 5) is 29.0. The molecule has 5 nitrogen and oxygen atoms in total. The van der Waals surface area contributed by atoms with Crippen LogP contribution in [-0.2, 0) is 4.79 Å². The fourth-order valence-corrected chi connectivity index (χ4v) is 2.43. The smallest absolute Gasteiger partial charge is 0.291 e. The zero-order chi connectivity index (χ0) is 13.4. The molecule has 1 fully saturated rings. The Bertz CT molecular complexity index is 687. The fraction of sp³-hybridized carbons (Fsp3) is 0.154. The van der Waals surface area contributed by atoms with E-state index in [4.69, 9.17) is 0 Å². The van der Waals surface area contributed by atoms with Gasteiger partial charge in [-0.1, -0.05) is 18.2 Å². The van der Waals surface area contributed by atoms with E-state index in [1.807, 2.05) is 30.3 Å². The topological polar surface area (TPSA) is 62.3 Å². The Morgan fingerprint density at radius 1 is 1.21 bits per heavy atom. The second-order valence-corrected chi connectivity index (χ2v) is 5.05. The van der Waals surface area contributed by atoms with Crippen molar-refractivity contribution in [2.75, 3.05) is 11.4 Å². The molecule has 96 valence electrons. The lowest BCUT2D eigenvalue weighted by molar-refractivity contribution is -0.120. The lowest BCUT2D eigenvalue weighted by Gasteiger charge is -2.27. The van der Waals surface area contributed by atoms with Crippen LogP contribution in [0.3, 0.4) is 0 Å². The van der Waals surface area contributed by atoms with Gasteiger partial charge in [0, 0.05) is 18.4 Å². The van der Waals surface area contributed by atoms with Crippen molar-refractivity contribution in [3.63, 3.8) is 0 Å². The molecule has 0 radical (unpaired) electrons. The second kappa shape index (κ2) is 4.62. The predicted molar refractivity (Wildman–Crippen MR) is 74.9 cm³/mol. The van der Waals surface area contributed by atoms with E-state index < -0.39 is 6.03 Å². The minimum Gasteiger partial charge on any atom is -0.291 e. The third-order valence-electron chi connectivity index (χ3n) is 3.01. The van der Waals surface area contributed by atoms with Crippen LogP contribution in [0.15, 0.2) is 34.9 Å². The van der Waals surface area contributed by atoms with Gasteiger partial charge in [-0.3, -0.25) is 15.0 Å². The monoisotopic (exact) mass is 319 g/mol. The Balaban J connectivity index is 2.12. The number of carbonyl (C=O) groups excluding carboxylic acids is 2. The van der Waals surface area contributed by atoms with Gasteiger partial charge in [0.15, 0.2) is 0 Å². The molecule has 0 spiro atoms. The average molecular weight is 320 g/mol. The molecule has 0 bridgehead atoms. The number of carbonyl (C=O) groups is 2. The Labute approximate surface area is 117 Å². The summed E-state index contributed by atoms with van der Waals surface area (Å²) in [5.41, 5.74) is 1.45. The van der Waals surface area contributed by atoms with Crippen molar-refractivity contribution in [3.8, 4) is 0 Å². The Morgan fingerprint density at radius 2 is 2.05 bits per heavy atom. The maximum atomic E-state index is 11.9. The molecule has 1 saturated heterocycles. The first-order chi connectivity index (χ1) is 9.15. The van der Waals surface area contributed by atoms with Gasteiger partial charge in [-0.05, 0) is 28.1 Å². The highest BCUT2D eigenvalue weighted by Gasteiger charge is 2.25. The molecule has 2 heterocycles. The van der Waals surface area contributed by atoms with Gasteiger partial charge in [-0.25, -0.2) is 9.78 Å². The van der Waals surface area contributed by atoms with Crippen LogP contribution < -0.4 is 10.2 Å². The zero-order valence-corrected chi connectivity index (χ0v) is 11.5. The van der Waals surface area contributed by atoms with Gasteiger partial charge in [0.2, 0.25) is 5.91 Å². The van der Waals surface area contributed by atoms with Gasteiger partial charge in [0.05, 0.1) is 11.2 Å². The maximum absolute atomic E-state index is 11.9. The number of pyridine rings is 1. The predicted octanol–water partition coefficient (Wildman–Crippen LogP) is 2.44. The number of urea groups is 1. The number of halogens is 1. The van der Waals surface area contributed by atoms with Crippen LogP contribution in [0.5, 0.6) is 0 Å². The second-order valence-electron chi connectivity index (χ2n) is 4.24. The van der Waals surface area contributed by atoms with Crippen molar-refractivity contribution in [3.05, 3.63) is 34.9 Å². The summed E-state index contributed by atoms with van der Waals surface area (Å²) in [5.74, 6) is -0.240. The Kier molecular flexibility index (Phi) is 2.94. The number of rotatable bonds is 1. The molecule has 0 unspecified atom stereocenters. The van der Waals surface area contributed by atoms with E-state index in [9.17, 15) is 9.59 Å². The quantitative estimate of drug-likeness (QED) is 0.821. The number of aromatic nitrogens is 1. The van der Waals surface area contributed by atoms with Gasteiger partial charge in [0.1, 0.15) is 4.60 Å². The van der Waals surface area contributed by atoms with E-state index in [1.54, 1.807) is 4.90 Å². The molecule has 0 atom stereocenters. The standard InChI is InChI=1S/C13H10BrN3O2/c14-10-5-4-8-2-1-3-9(12(8)15-10)17-7-6-11(18)16-13(17)19/h1-5H,6-7H2,(H,16,18,19). The fourth-order valence-electron chi connectivity index (χ4n) is 2.12. The zero-order valence-electron chi connectivity index (χ0n) is 9.89. The highest BCUT2D eigenvalue weighted by Crippen LogP contribution is 2.27. The van der Waals surface area contributed by atoms with E-state index in [0.29, 0.717) is 23.3 Å². The van der Waals surface area contributed by atoms with Gasteiger partial charge in [-0.15, -0.1) is 0 Å². The highest BCUT2D eigenvalue weighted by molar-refractivity contribution is 9.10. The molecule has 1 aliphatic heterocycles. The molecule has 6 heteroatoms. The number of nitrogens with one attached hydrogen (secondary N) is 1. The summed E-state index contributed by atoms with van der Waals surface area (Å²) in [5, 5.41) is 3.27. The summed E-state index contributed by atoms with van der Waals surface area (Å²) in [6, 6.07) is 9.03. The molecule has 1 N–H and O–H groups in total. The number of hydrogen-bond acceptors (Lipinski definition) is 3. The van der Waals surface area contributed by atoms with Gasteiger partial charge in [-0.2, -0.15) is 0 Å². The SMILES string of the molecule is O=C1CCN(c2cccc3ccc(Br)nc23)C(=O)N1. The molecule has 1 aromatic heterocycles. The third-order valence-corrected chi connectivity index (χ3v) is 3.45. The summed E-state index contributed by atoms with van der Waals surface area (Å²) in [6.45, 7) is 0.373.